The molecule has 3 aromatic carbocycles. The third kappa shape index (κ3) is 22.0. The molecule has 2 aliphatic heterocycles. The molecule has 0 fully saturated rings. The van der Waals surface area contributed by atoms with Gasteiger partial charge >= 0.3 is 23.7 Å². The third-order valence-electron chi connectivity index (χ3n) is 17.8. The molecule has 11 rings (SSSR count). The molecule has 3 aliphatic rings. The molecule has 0 atom stereocenters. The van der Waals surface area contributed by atoms with Gasteiger partial charge in [-0.25, -0.2) is 9.97 Å². The monoisotopic (exact) mass is 1510 g/mol. The highest BCUT2D eigenvalue weighted by Gasteiger charge is 2.80. The Morgan fingerprint density at radius 3 is 1.36 bits per heavy atom. The number of aromatic nitrogens is 4. The lowest BCUT2D eigenvalue weighted by Crippen LogP contribution is -2.48. The lowest BCUT2D eigenvalue weighted by Gasteiger charge is -2.25. The molecule has 4 N–H and O–H groups in total. The number of carboxylic acids is 1. The first-order valence-electron chi connectivity index (χ1n) is 36.3. The van der Waals surface area contributed by atoms with E-state index in [2.05, 4.69) is 150 Å². The van der Waals surface area contributed by atoms with Crippen molar-refractivity contribution in [1.82, 2.24) is 25.3 Å². The number of hydrogen-bond donors (Lipinski definition) is 4. The molecule has 0 spiro atoms. The number of fused-ring (bicyclic) bond motifs is 8. The number of Topliss-reactive ketones (excluding diaryl/α,β-unsaturated/α-hetero) is 1. The highest BCUT2D eigenvalue weighted by atomic mass is 32.1. The van der Waals surface area contributed by atoms with E-state index in [0.29, 0.717) is 79.1 Å². The van der Waals surface area contributed by atoms with Gasteiger partial charge in [-0.2, -0.15) is 26.3 Å². The maximum absolute atomic E-state index is 15.5. The van der Waals surface area contributed by atoms with Crippen molar-refractivity contribution in [1.29, 1.82) is 0 Å². The molecule has 7 heterocycles. The van der Waals surface area contributed by atoms with Crippen LogP contribution in [0.3, 0.4) is 0 Å². The smallest absolute Gasteiger partial charge is 0.380 e. The number of ether oxygens (including phenoxy) is 4. The maximum atomic E-state index is 15.5. The SMILES string of the molecule is CC(C)(C)COCCC(=O)O.CNCCCC(=O)CCOCCOCC(C)(C)C.Cc1c2nc(c(C)c3ccc([nH]3)c(-c3ccc(C(C)(C)C)cc3)c3ccc([nH]3)c(C)c3nc1C=C3)C=C2.Cc1sc(-c2ccccc2)cc1C1=C(c2cc(-c3ccc(OCC(C)(C)C)cc3)sc2C)C(F)(F)C(F)(F)C1(F)F. The van der Waals surface area contributed by atoms with E-state index in [4.69, 9.17) is 34.0 Å². The van der Waals surface area contributed by atoms with Gasteiger partial charge in [-0.05, 0) is 206 Å². The first kappa shape index (κ1) is 84.4. The molecule has 8 bridgehead atoms. The number of rotatable bonds is 22. The second-order valence-corrected chi connectivity index (χ2v) is 34.4. The van der Waals surface area contributed by atoms with Crippen molar-refractivity contribution in [2.75, 3.05) is 59.8 Å². The molecule has 20 heteroatoms. The summed E-state index contributed by atoms with van der Waals surface area (Å²) in [5.74, 6) is -15.7. The molecule has 0 saturated carbocycles. The van der Waals surface area contributed by atoms with Crippen LogP contribution in [-0.4, -0.2) is 114 Å². The Morgan fingerprint density at radius 1 is 0.495 bits per heavy atom. The Hall–Kier alpha value is -8.24. The molecule has 107 heavy (non-hydrogen) atoms. The van der Waals surface area contributed by atoms with Crippen molar-refractivity contribution in [2.45, 2.75) is 167 Å². The second kappa shape index (κ2) is 35.4. The lowest BCUT2D eigenvalue weighted by atomic mass is 9.86. The minimum Gasteiger partial charge on any atom is -0.493 e. The highest BCUT2D eigenvalue weighted by molar-refractivity contribution is 7.16. The van der Waals surface area contributed by atoms with Crippen molar-refractivity contribution in [3.63, 3.8) is 0 Å². The van der Waals surface area contributed by atoms with Crippen LogP contribution in [-0.2, 0) is 29.2 Å². The number of nitrogens with one attached hydrogen (secondary N) is 3. The van der Waals surface area contributed by atoms with Crippen LogP contribution >= 0.6 is 22.7 Å². The molecular weight excluding hydrogens is 1410 g/mol. The number of aryl methyl sites for hydroxylation is 4. The molecule has 12 nitrogen and oxygen atoms in total. The summed E-state index contributed by atoms with van der Waals surface area (Å²) in [7, 11) is 1.89. The molecule has 0 amide bonds. The summed E-state index contributed by atoms with van der Waals surface area (Å²) in [5.41, 5.74) is 13.5. The Bertz CT molecular complexity index is 4550. The van der Waals surface area contributed by atoms with Crippen molar-refractivity contribution in [3.05, 3.63) is 181 Å². The van der Waals surface area contributed by atoms with Crippen LogP contribution in [0.5, 0.6) is 5.75 Å². The third-order valence-corrected chi connectivity index (χ3v) is 20.0. The number of H-pyrrole nitrogens is 2. The Balaban J connectivity index is 0.000000200. The number of aromatic amines is 2. The van der Waals surface area contributed by atoms with Crippen molar-refractivity contribution in [2.24, 2.45) is 16.2 Å². The summed E-state index contributed by atoms with van der Waals surface area (Å²) in [6.45, 7) is 39.4. The number of hydrogen-bond acceptors (Lipinski definition) is 11. The normalized spacial score (nSPS) is 14.4. The molecule has 0 radical (unpaired) electrons. The van der Waals surface area contributed by atoms with Gasteiger partial charge in [0.05, 0.1) is 75.4 Å². The van der Waals surface area contributed by atoms with Crippen molar-refractivity contribution in [3.8, 4) is 37.8 Å². The number of carbonyl (C=O) groups is 2. The van der Waals surface area contributed by atoms with E-state index < -0.39 is 34.9 Å². The molecule has 574 valence electrons. The van der Waals surface area contributed by atoms with Crippen molar-refractivity contribution >= 4 is 91.9 Å². The van der Waals surface area contributed by atoms with Gasteiger partial charge in [-0.3, -0.25) is 9.59 Å². The summed E-state index contributed by atoms with van der Waals surface area (Å²) in [4.78, 5) is 40.3. The molecular formula is C87H105F6N5O7S2. The van der Waals surface area contributed by atoms with Gasteiger partial charge in [0, 0.05) is 76.7 Å². The van der Waals surface area contributed by atoms with E-state index in [1.165, 1.54) is 37.1 Å². The average Bonchev–Trinajstić information content (AvgIpc) is 1.52. The fourth-order valence-electron chi connectivity index (χ4n) is 11.8. The number of carboxylic acid groups (broad SMARTS) is 1. The number of thiophene rings is 2. The topological polar surface area (TPSA) is 161 Å². The maximum Gasteiger partial charge on any atom is 0.380 e. The van der Waals surface area contributed by atoms with Gasteiger partial charge < -0.3 is 39.3 Å². The lowest BCUT2D eigenvalue weighted by molar-refractivity contribution is -0.254. The fourth-order valence-corrected chi connectivity index (χ4v) is 13.8. The number of carbonyl (C=O) groups excluding carboxylic acids is 1. The van der Waals surface area contributed by atoms with Crippen LogP contribution < -0.4 is 10.1 Å². The van der Waals surface area contributed by atoms with E-state index in [1.807, 2.05) is 48.6 Å². The minimum absolute atomic E-state index is 0.0524. The van der Waals surface area contributed by atoms with Gasteiger partial charge in [0.15, 0.2) is 0 Å². The van der Waals surface area contributed by atoms with Crippen LogP contribution in [0.25, 0.3) is 89.5 Å². The first-order valence-corrected chi connectivity index (χ1v) is 37.9. The average molecular weight is 1510 g/mol. The number of benzene rings is 3. The second-order valence-electron chi connectivity index (χ2n) is 31.9. The zero-order chi connectivity index (χ0) is 78.6. The first-order chi connectivity index (χ1) is 50.1. The summed E-state index contributed by atoms with van der Waals surface area (Å²) in [6.07, 6.45) is 10.5. The highest BCUT2D eigenvalue weighted by Crippen LogP contribution is 2.66. The summed E-state index contributed by atoms with van der Waals surface area (Å²) in [5, 5.41) is 11.3. The zero-order valence-corrected chi connectivity index (χ0v) is 66.8. The number of aliphatic carboxylic acids is 1. The number of alkyl halides is 6. The number of halogens is 6. The van der Waals surface area contributed by atoms with Gasteiger partial charge in [0.25, 0.3) is 0 Å². The molecule has 8 aromatic rings. The summed E-state index contributed by atoms with van der Waals surface area (Å²) < 4.78 is 114. The number of allylic oxidation sites excluding steroid dienone is 2. The molecule has 0 unspecified atom stereocenters. The summed E-state index contributed by atoms with van der Waals surface area (Å²) >= 11 is 2.19. The van der Waals surface area contributed by atoms with Crippen LogP contribution in [0.4, 0.5) is 26.3 Å². The molecule has 5 aromatic heterocycles. The zero-order valence-electron chi connectivity index (χ0n) is 65.1. The van der Waals surface area contributed by atoms with E-state index in [0.717, 1.165) is 109 Å². The molecule has 1 aliphatic carbocycles. The van der Waals surface area contributed by atoms with Crippen LogP contribution in [0, 0.1) is 50.9 Å². The van der Waals surface area contributed by atoms with Crippen LogP contribution in [0.1, 0.15) is 175 Å². The van der Waals surface area contributed by atoms with Crippen LogP contribution in [0.2, 0.25) is 0 Å². The van der Waals surface area contributed by atoms with E-state index in [-0.39, 0.29) is 54.7 Å². The number of nitrogens with zero attached hydrogens (tertiary/aromatic N) is 2. The molecule has 0 saturated heterocycles. The Morgan fingerprint density at radius 2 is 0.916 bits per heavy atom. The van der Waals surface area contributed by atoms with Crippen LogP contribution in [0.15, 0.2) is 115 Å². The van der Waals surface area contributed by atoms with Gasteiger partial charge in [-0.1, -0.05) is 138 Å². The van der Waals surface area contributed by atoms with Gasteiger partial charge in [0.2, 0.25) is 0 Å². The van der Waals surface area contributed by atoms with E-state index >= 15 is 17.6 Å². The standard InChI is InChI=1S/C33H32N4.C32H28F6OS2.C14H29NO3.C8H16O3/c1-19-24-11-13-26(34-24)20(2)28-15-17-30(36-28)32(22-7-9-23(10-8-22)33(4,5)6)31-18-16-29(37-31)21(3)27-14-12-25(19)35-27;1-18-23(15-25(40-18)20-9-7-6-8-10-20)27-28(31(35,36)32(37,38)30(27,33)34)24-16-26(41-19(24)2)21-11-13-22(14-12-21)39-17-29(3,4)5;1-14(2,3)12-18-11-10-17-9-7-13(16)6-5-8-15-4;1-8(2,3)6-11-5-4-7(9)10/h7-18,36-37H,1-6H3;6-16H,17H2,1-5H3;15H,5-12H2,1-4H3;4-6H2,1-3H3,(H,9,10). The predicted octanol–water partition coefficient (Wildman–Crippen LogP) is 23.1. The number of ketones is 1. The minimum atomic E-state index is -5.60. The van der Waals surface area contributed by atoms with Gasteiger partial charge in [-0.15, -0.1) is 22.7 Å². The van der Waals surface area contributed by atoms with Crippen molar-refractivity contribution < 1.29 is 60.0 Å². The van der Waals surface area contributed by atoms with E-state index in [9.17, 15) is 18.4 Å². The van der Waals surface area contributed by atoms with Gasteiger partial charge in [0.1, 0.15) is 11.5 Å². The Labute approximate surface area is 635 Å². The van der Waals surface area contributed by atoms with E-state index in [1.54, 1.807) is 54.6 Å². The summed E-state index contributed by atoms with van der Waals surface area (Å²) in [6, 6.07) is 35.9. The quantitative estimate of drug-likeness (QED) is 0.0380. The fraction of sp³-hybridized carbons (Fsp3) is 0.425. The predicted molar refractivity (Wildman–Crippen MR) is 429 cm³/mol. The Kier molecular flexibility index (Phi) is 27.9. The largest absolute Gasteiger partial charge is 0.493 e.